The molecule has 0 aliphatic carbocycles. The lowest BCUT2D eigenvalue weighted by Crippen LogP contribution is -2.40. The number of aliphatic hydroxyl groups excluding tert-OH is 3. The molecule has 2 heterocycles. The molecule has 0 unspecified atom stereocenters. The lowest BCUT2D eigenvalue weighted by molar-refractivity contribution is 0.0186. The third kappa shape index (κ3) is 3.82. The van der Waals surface area contributed by atoms with Gasteiger partial charge in [-0.15, -0.1) is 0 Å². The SMILES string of the molecule is Cc1ccc(Oc2ccc(CN3[C@H](CO)[C@@H](O)[C@@H](O)[C@@H]3C)cn2)cc1. The van der Waals surface area contributed by atoms with Crippen molar-refractivity contribution in [1.82, 2.24) is 9.88 Å². The predicted octanol–water partition coefficient (Wildman–Crippen LogP) is 1.47. The fourth-order valence-electron chi connectivity index (χ4n) is 3.18. The number of aliphatic hydroxyl groups is 3. The molecule has 2 aromatic rings. The highest BCUT2D eigenvalue weighted by Gasteiger charge is 2.44. The summed E-state index contributed by atoms with van der Waals surface area (Å²) < 4.78 is 5.71. The average molecular weight is 344 g/mol. The van der Waals surface area contributed by atoms with Gasteiger partial charge in [-0.1, -0.05) is 23.8 Å². The zero-order valence-electron chi connectivity index (χ0n) is 14.4. The van der Waals surface area contributed by atoms with Crippen molar-refractivity contribution in [2.24, 2.45) is 0 Å². The summed E-state index contributed by atoms with van der Waals surface area (Å²) in [6.45, 7) is 4.14. The fourth-order valence-corrected chi connectivity index (χ4v) is 3.18. The van der Waals surface area contributed by atoms with E-state index >= 15 is 0 Å². The molecule has 0 radical (unpaired) electrons. The molecule has 1 aromatic heterocycles. The highest BCUT2D eigenvalue weighted by atomic mass is 16.5. The molecular weight excluding hydrogens is 320 g/mol. The highest BCUT2D eigenvalue weighted by molar-refractivity contribution is 5.30. The van der Waals surface area contributed by atoms with Gasteiger partial charge in [0.2, 0.25) is 5.88 Å². The predicted molar refractivity (Wildman–Crippen MR) is 93.4 cm³/mol. The molecular formula is C19H24N2O4. The number of hydrogen-bond acceptors (Lipinski definition) is 6. The maximum absolute atomic E-state index is 10.0. The van der Waals surface area contributed by atoms with Crippen LogP contribution >= 0.6 is 0 Å². The van der Waals surface area contributed by atoms with Crippen LogP contribution in [0, 0.1) is 6.92 Å². The summed E-state index contributed by atoms with van der Waals surface area (Å²) in [6, 6.07) is 10.7. The van der Waals surface area contributed by atoms with Crippen LogP contribution < -0.4 is 4.74 Å². The molecule has 25 heavy (non-hydrogen) atoms. The Morgan fingerprint density at radius 2 is 1.80 bits per heavy atom. The Kier molecular flexibility index (Phi) is 5.34. The monoisotopic (exact) mass is 344 g/mol. The molecule has 6 nitrogen and oxygen atoms in total. The molecule has 1 aromatic carbocycles. The first-order chi connectivity index (χ1) is 12.0. The van der Waals surface area contributed by atoms with Crippen LogP contribution in [0.25, 0.3) is 0 Å². The number of rotatable bonds is 5. The molecule has 4 atom stereocenters. The number of benzene rings is 1. The third-order valence-corrected chi connectivity index (χ3v) is 4.78. The second-order valence-corrected chi connectivity index (χ2v) is 6.56. The first-order valence-electron chi connectivity index (χ1n) is 8.42. The largest absolute Gasteiger partial charge is 0.439 e. The summed E-state index contributed by atoms with van der Waals surface area (Å²) >= 11 is 0. The van der Waals surface area contributed by atoms with E-state index in [1.807, 2.05) is 49.1 Å². The molecule has 0 saturated carbocycles. The van der Waals surface area contributed by atoms with Gasteiger partial charge in [0.15, 0.2) is 0 Å². The van der Waals surface area contributed by atoms with Gasteiger partial charge < -0.3 is 20.1 Å². The van der Waals surface area contributed by atoms with Crippen LogP contribution in [-0.4, -0.2) is 56.1 Å². The van der Waals surface area contributed by atoms with E-state index in [1.54, 1.807) is 12.3 Å². The Balaban J connectivity index is 1.67. The molecule has 0 bridgehead atoms. The van der Waals surface area contributed by atoms with Crippen LogP contribution in [0.5, 0.6) is 11.6 Å². The van der Waals surface area contributed by atoms with E-state index in [2.05, 4.69) is 4.98 Å². The fraction of sp³-hybridized carbons (Fsp3) is 0.421. The van der Waals surface area contributed by atoms with Crippen LogP contribution in [0.15, 0.2) is 42.6 Å². The van der Waals surface area contributed by atoms with Crippen molar-refractivity contribution in [2.75, 3.05) is 6.61 Å². The molecule has 0 spiro atoms. The summed E-state index contributed by atoms with van der Waals surface area (Å²) in [4.78, 5) is 6.21. The standard InChI is InChI=1S/C19H24N2O4/c1-12-3-6-15(7-4-12)25-17-8-5-14(9-20-17)10-21-13(2)18(23)19(24)16(21)11-22/h3-9,13,16,18-19,22-24H,10-11H2,1-2H3/t13-,16+,18-,19+/m0/s1. The number of aryl methyl sites for hydroxylation is 1. The van der Waals surface area contributed by atoms with E-state index in [9.17, 15) is 15.3 Å². The number of nitrogens with zero attached hydrogens (tertiary/aromatic N) is 2. The third-order valence-electron chi connectivity index (χ3n) is 4.78. The first-order valence-corrected chi connectivity index (χ1v) is 8.42. The highest BCUT2D eigenvalue weighted by Crippen LogP contribution is 2.27. The van der Waals surface area contributed by atoms with Crippen LogP contribution in [0.3, 0.4) is 0 Å². The van der Waals surface area contributed by atoms with Gasteiger partial charge in [-0.05, 0) is 31.5 Å². The Bertz CT molecular complexity index is 690. The second-order valence-electron chi connectivity index (χ2n) is 6.56. The van der Waals surface area contributed by atoms with Gasteiger partial charge in [0.25, 0.3) is 0 Å². The molecule has 0 amide bonds. The van der Waals surface area contributed by atoms with E-state index in [-0.39, 0.29) is 12.6 Å². The van der Waals surface area contributed by atoms with Gasteiger partial charge in [-0.2, -0.15) is 0 Å². The maximum atomic E-state index is 10.0. The van der Waals surface area contributed by atoms with Gasteiger partial charge in [0.05, 0.1) is 24.9 Å². The molecule has 3 N–H and O–H groups in total. The van der Waals surface area contributed by atoms with E-state index < -0.39 is 18.2 Å². The summed E-state index contributed by atoms with van der Waals surface area (Å²) in [5.41, 5.74) is 2.08. The molecule has 134 valence electrons. The number of pyridine rings is 1. The Morgan fingerprint density at radius 3 is 2.40 bits per heavy atom. The van der Waals surface area contributed by atoms with E-state index in [1.165, 1.54) is 5.56 Å². The molecule has 1 aliphatic heterocycles. The van der Waals surface area contributed by atoms with Crippen LogP contribution in [0.4, 0.5) is 0 Å². The lowest BCUT2D eigenvalue weighted by Gasteiger charge is -2.27. The van der Waals surface area contributed by atoms with Crippen molar-refractivity contribution in [3.05, 3.63) is 53.7 Å². The van der Waals surface area contributed by atoms with E-state index in [0.29, 0.717) is 12.4 Å². The van der Waals surface area contributed by atoms with Crippen LogP contribution in [0.2, 0.25) is 0 Å². The number of ether oxygens (including phenoxy) is 1. The van der Waals surface area contributed by atoms with Crippen LogP contribution in [-0.2, 0) is 6.54 Å². The topological polar surface area (TPSA) is 86.1 Å². The minimum absolute atomic E-state index is 0.204. The van der Waals surface area contributed by atoms with Crippen molar-refractivity contribution in [2.45, 2.75) is 44.7 Å². The minimum atomic E-state index is -0.947. The van der Waals surface area contributed by atoms with Gasteiger partial charge >= 0.3 is 0 Å². The normalized spacial score (nSPS) is 26.8. The van der Waals surface area contributed by atoms with Gasteiger partial charge in [0, 0.05) is 24.8 Å². The number of aromatic nitrogens is 1. The maximum Gasteiger partial charge on any atom is 0.219 e. The average Bonchev–Trinajstić information content (AvgIpc) is 2.82. The van der Waals surface area contributed by atoms with Gasteiger partial charge in [-0.3, -0.25) is 4.90 Å². The Labute approximate surface area is 147 Å². The second kappa shape index (κ2) is 7.49. The van der Waals surface area contributed by atoms with E-state index in [0.717, 1.165) is 11.3 Å². The summed E-state index contributed by atoms with van der Waals surface area (Å²) in [5.74, 6) is 1.23. The van der Waals surface area contributed by atoms with Gasteiger partial charge in [0.1, 0.15) is 5.75 Å². The lowest BCUT2D eigenvalue weighted by atomic mass is 10.1. The number of hydrogen-bond donors (Lipinski definition) is 3. The molecule has 6 heteroatoms. The smallest absolute Gasteiger partial charge is 0.219 e. The molecule has 1 aliphatic rings. The Hall–Kier alpha value is -1.99. The summed E-state index contributed by atoms with van der Waals surface area (Å²) in [7, 11) is 0. The molecule has 3 rings (SSSR count). The molecule has 1 fully saturated rings. The van der Waals surface area contributed by atoms with E-state index in [4.69, 9.17) is 4.74 Å². The minimum Gasteiger partial charge on any atom is -0.439 e. The van der Waals surface area contributed by atoms with Crippen molar-refractivity contribution < 1.29 is 20.1 Å². The van der Waals surface area contributed by atoms with Crippen molar-refractivity contribution >= 4 is 0 Å². The van der Waals surface area contributed by atoms with Crippen molar-refractivity contribution in [3.63, 3.8) is 0 Å². The summed E-state index contributed by atoms with van der Waals surface area (Å²) in [6.07, 6.45) is -0.103. The zero-order chi connectivity index (χ0) is 18.0. The quantitative estimate of drug-likeness (QED) is 0.762. The van der Waals surface area contributed by atoms with Gasteiger partial charge in [-0.25, -0.2) is 4.98 Å². The van der Waals surface area contributed by atoms with Crippen LogP contribution in [0.1, 0.15) is 18.1 Å². The van der Waals surface area contributed by atoms with Crippen molar-refractivity contribution in [1.29, 1.82) is 0 Å². The first kappa shape index (κ1) is 17.8. The summed E-state index contributed by atoms with van der Waals surface area (Å²) in [5, 5.41) is 29.5. The Morgan fingerprint density at radius 1 is 1.08 bits per heavy atom. The number of likely N-dealkylation sites (tertiary alicyclic amines) is 1. The molecule has 1 saturated heterocycles. The van der Waals surface area contributed by atoms with Crippen molar-refractivity contribution in [3.8, 4) is 11.6 Å². The zero-order valence-corrected chi connectivity index (χ0v) is 14.4.